The summed E-state index contributed by atoms with van der Waals surface area (Å²) in [6.45, 7) is 3.27. The minimum Gasteiger partial charge on any atom is -0.299 e. The van der Waals surface area contributed by atoms with Gasteiger partial charge >= 0.3 is 0 Å². The maximum Gasteiger partial charge on any atom is 0.0453 e. The van der Waals surface area contributed by atoms with E-state index >= 15 is 0 Å². The second-order valence-corrected chi connectivity index (χ2v) is 4.04. The molecule has 0 bridgehead atoms. The molecule has 1 aromatic rings. The van der Waals surface area contributed by atoms with Gasteiger partial charge in [0.15, 0.2) is 0 Å². The van der Waals surface area contributed by atoms with E-state index in [1.54, 1.807) is 0 Å². The van der Waals surface area contributed by atoms with Gasteiger partial charge in [-0.2, -0.15) is 0 Å². The highest BCUT2D eigenvalue weighted by molar-refractivity contribution is 6.31. The van der Waals surface area contributed by atoms with Crippen LogP contribution in [0.1, 0.15) is 18.5 Å². The zero-order valence-electron chi connectivity index (χ0n) is 9.47. The molecule has 16 heavy (non-hydrogen) atoms. The van der Waals surface area contributed by atoms with Crippen molar-refractivity contribution in [2.45, 2.75) is 13.0 Å². The van der Waals surface area contributed by atoms with Crippen LogP contribution in [0.15, 0.2) is 29.4 Å². The highest BCUT2D eigenvalue weighted by Gasteiger charge is 2.13. The Balaban J connectivity index is 2.66. The highest BCUT2D eigenvalue weighted by Crippen LogP contribution is 2.25. The third-order valence-corrected chi connectivity index (χ3v) is 2.98. The minimum absolute atomic E-state index is 0.211. The summed E-state index contributed by atoms with van der Waals surface area (Å²) in [5.74, 6) is 0. The van der Waals surface area contributed by atoms with Gasteiger partial charge in [-0.1, -0.05) is 34.9 Å². The van der Waals surface area contributed by atoms with Crippen LogP contribution in [0.25, 0.3) is 10.4 Å². The lowest BCUT2D eigenvalue weighted by molar-refractivity contribution is 0.269. The minimum atomic E-state index is 0.211. The number of hydrogen-bond acceptors (Lipinski definition) is 2. The van der Waals surface area contributed by atoms with Crippen LogP contribution in [0, 0.1) is 0 Å². The Morgan fingerprint density at radius 1 is 1.50 bits per heavy atom. The van der Waals surface area contributed by atoms with Gasteiger partial charge in [-0.3, -0.25) is 4.90 Å². The third-order valence-electron chi connectivity index (χ3n) is 2.63. The molecule has 5 heteroatoms. The first-order valence-electron chi connectivity index (χ1n) is 5.12. The molecule has 86 valence electrons. The van der Waals surface area contributed by atoms with Crippen molar-refractivity contribution in [3.05, 3.63) is 45.3 Å². The predicted octanol–water partition coefficient (Wildman–Crippen LogP) is 3.64. The van der Waals surface area contributed by atoms with Gasteiger partial charge in [-0.15, -0.1) is 0 Å². The molecule has 1 atom stereocenters. The highest BCUT2D eigenvalue weighted by atomic mass is 35.5. The van der Waals surface area contributed by atoms with E-state index in [4.69, 9.17) is 17.1 Å². The van der Waals surface area contributed by atoms with Crippen LogP contribution in [0.5, 0.6) is 0 Å². The summed E-state index contributed by atoms with van der Waals surface area (Å²) < 4.78 is 0. The fraction of sp³-hybridized carbons (Fsp3) is 0.455. The smallest absolute Gasteiger partial charge is 0.0453 e. The number of halogens is 1. The van der Waals surface area contributed by atoms with E-state index in [9.17, 15) is 0 Å². The van der Waals surface area contributed by atoms with Crippen molar-refractivity contribution >= 4 is 11.6 Å². The van der Waals surface area contributed by atoms with E-state index < -0.39 is 0 Å². The van der Waals surface area contributed by atoms with Gasteiger partial charge in [-0.05, 0) is 31.1 Å². The molecule has 0 aliphatic rings. The quantitative estimate of drug-likeness (QED) is 0.439. The molecule has 0 radical (unpaired) electrons. The maximum atomic E-state index is 8.20. The lowest BCUT2D eigenvalue weighted by Gasteiger charge is -2.25. The largest absolute Gasteiger partial charge is 0.299 e. The summed E-state index contributed by atoms with van der Waals surface area (Å²) in [6, 6.07) is 7.99. The number of benzene rings is 1. The Morgan fingerprint density at radius 2 is 2.19 bits per heavy atom. The van der Waals surface area contributed by atoms with E-state index in [1.807, 2.05) is 31.3 Å². The Morgan fingerprint density at radius 3 is 2.81 bits per heavy atom. The standard InChI is InChI=1S/C11H15ClN4/c1-9(16(2)8-7-14-15-13)10-5-3-4-6-11(10)12/h3-6,9H,7-8H2,1-2H3. The molecule has 0 spiro atoms. The Labute approximate surface area is 100 Å². The Bertz CT molecular complexity index is 387. The van der Waals surface area contributed by atoms with Crippen molar-refractivity contribution in [1.29, 1.82) is 0 Å². The summed E-state index contributed by atoms with van der Waals surface area (Å²) >= 11 is 6.12. The van der Waals surface area contributed by atoms with Crippen LogP contribution in [-0.2, 0) is 0 Å². The van der Waals surface area contributed by atoms with E-state index in [-0.39, 0.29) is 6.04 Å². The fourth-order valence-corrected chi connectivity index (χ4v) is 1.79. The van der Waals surface area contributed by atoms with Gasteiger partial charge in [0.1, 0.15) is 0 Å². The van der Waals surface area contributed by atoms with E-state index in [0.29, 0.717) is 6.54 Å². The second kappa shape index (κ2) is 6.38. The van der Waals surface area contributed by atoms with Gasteiger partial charge in [0, 0.05) is 29.1 Å². The van der Waals surface area contributed by atoms with Gasteiger partial charge in [0.05, 0.1) is 0 Å². The molecule has 0 amide bonds. The second-order valence-electron chi connectivity index (χ2n) is 3.63. The molecule has 0 saturated heterocycles. The van der Waals surface area contributed by atoms with Crippen molar-refractivity contribution < 1.29 is 0 Å². The number of hydrogen-bond donors (Lipinski definition) is 0. The van der Waals surface area contributed by atoms with E-state index in [2.05, 4.69) is 21.8 Å². The van der Waals surface area contributed by atoms with Crippen LogP contribution in [0.2, 0.25) is 5.02 Å². The Hall–Kier alpha value is -1.22. The van der Waals surface area contributed by atoms with Crippen molar-refractivity contribution in [3.8, 4) is 0 Å². The number of likely N-dealkylation sites (N-methyl/N-ethyl adjacent to an activating group) is 1. The third kappa shape index (κ3) is 3.42. The van der Waals surface area contributed by atoms with E-state index in [1.165, 1.54) is 0 Å². The summed E-state index contributed by atoms with van der Waals surface area (Å²) in [5.41, 5.74) is 9.29. The molecule has 0 N–H and O–H groups in total. The topological polar surface area (TPSA) is 52.0 Å². The molecular weight excluding hydrogens is 224 g/mol. The SMILES string of the molecule is CC(c1ccccc1Cl)N(C)CCN=[N+]=[N-]. The maximum absolute atomic E-state index is 8.20. The van der Waals surface area contributed by atoms with Crippen LogP contribution >= 0.6 is 11.6 Å². The van der Waals surface area contributed by atoms with Gasteiger partial charge in [0.25, 0.3) is 0 Å². The van der Waals surface area contributed by atoms with Gasteiger partial charge in [-0.25, -0.2) is 0 Å². The molecule has 0 heterocycles. The normalized spacial score (nSPS) is 12.2. The lowest BCUT2D eigenvalue weighted by Crippen LogP contribution is -2.25. The first-order valence-corrected chi connectivity index (χ1v) is 5.50. The first-order chi connectivity index (χ1) is 7.66. The van der Waals surface area contributed by atoms with Crippen molar-refractivity contribution in [1.82, 2.24) is 4.90 Å². The molecule has 1 rings (SSSR count). The zero-order chi connectivity index (χ0) is 12.0. The first kappa shape index (κ1) is 12.8. The Kier molecular flexibility index (Phi) is 5.12. The molecular formula is C11H15ClN4. The van der Waals surface area contributed by atoms with Crippen LogP contribution in [0.3, 0.4) is 0 Å². The molecule has 1 unspecified atom stereocenters. The average molecular weight is 239 g/mol. The van der Waals surface area contributed by atoms with Crippen molar-refractivity contribution in [3.63, 3.8) is 0 Å². The average Bonchev–Trinajstić information content (AvgIpc) is 2.29. The summed E-state index contributed by atoms with van der Waals surface area (Å²) in [6.07, 6.45) is 0. The number of azide groups is 1. The molecule has 0 saturated carbocycles. The van der Waals surface area contributed by atoms with Crippen LogP contribution < -0.4 is 0 Å². The molecule has 0 aromatic heterocycles. The fourth-order valence-electron chi connectivity index (χ4n) is 1.49. The van der Waals surface area contributed by atoms with E-state index in [0.717, 1.165) is 17.1 Å². The van der Waals surface area contributed by atoms with Crippen LogP contribution in [-0.4, -0.2) is 25.0 Å². The van der Waals surface area contributed by atoms with Gasteiger partial charge < -0.3 is 0 Å². The molecule has 0 fully saturated rings. The van der Waals surface area contributed by atoms with Crippen LogP contribution in [0.4, 0.5) is 0 Å². The number of nitrogens with zero attached hydrogens (tertiary/aromatic N) is 4. The molecule has 1 aromatic carbocycles. The van der Waals surface area contributed by atoms with Crippen molar-refractivity contribution in [2.75, 3.05) is 20.1 Å². The summed E-state index contributed by atoms with van der Waals surface area (Å²) in [7, 11) is 1.99. The molecule has 0 aliphatic carbocycles. The zero-order valence-corrected chi connectivity index (χ0v) is 10.2. The van der Waals surface area contributed by atoms with Crippen molar-refractivity contribution in [2.24, 2.45) is 5.11 Å². The predicted molar refractivity (Wildman–Crippen MR) is 66.5 cm³/mol. The lowest BCUT2D eigenvalue weighted by atomic mass is 10.1. The molecule has 4 nitrogen and oxygen atoms in total. The monoisotopic (exact) mass is 238 g/mol. The number of rotatable bonds is 5. The summed E-state index contributed by atoms with van der Waals surface area (Å²) in [4.78, 5) is 4.84. The van der Waals surface area contributed by atoms with Gasteiger partial charge in [0.2, 0.25) is 0 Å². The summed E-state index contributed by atoms with van der Waals surface area (Å²) in [5, 5.41) is 4.29. The molecule has 0 aliphatic heterocycles.